The van der Waals surface area contributed by atoms with Gasteiger partial charge in [0.2, 0.25) is 0 Å². The molecule has 1 aromatic heterocycles. The highest BCUT2D eigenvalue weighted by Crippen LogP contribution is 2.04. The zero-order valence-electron chi connectivity index (χ0n) is 6.28. The van der Waals surface area contributed by atoms with Crippen LogP contribution in [0.1, 0.15) is 12.1 Å². The van der Waals surface area contributed by atoms with Gasteiger partial charge in [0.05, 0.1) is 36.8 Å². The van der Waals surface area contributed by atoms with Crippen molar-refractivity contribution < 1.29 is 0 Å². The first-order valence-electron chi connectivity index (χ1n) is 3.33. The van der Waals surface area contributed by atoms with Crippen molar-refractivity contribution >= 4 is 6.08 Å². The van der Waals surface area contributed by atoms with Crippen LogP contribution in [-0.2, 0) is 0 Å². The Morgan fingerprint density at radius 3 is 3.00 bits per heavy atom. The molecule has 1 N–H and O–H groups in total. The van der Waals surface area contributed by atoms with E-state index in [4.69, 9.17) is 10.5 Å². The molecule has 0 unspecified atom stereocenters. The summed E-state index contributed by atoms with van der Waals surface area (Å²) in [6, 6.07) is 3.84. The Morgan fingerprint density at radius 1 is 1.67 bits per heavy atom. The van der Waals surface area contributed by atoms with Gasteiger partial charge in [0.25, 0.3) is 0 Å². The summed E-state index contributed by atoms with van der Waals surface area (Å²) in [5.74, 6) is 0. The van der Waals surface area contributed by atoms with E-state index in [9.17, 15) is 0 Å². The van der Waals surface area contributed by atoms with Gasteiger partial charge in [-0.25, -0.2) is 4.98 Å². The van der Waals surface area contributed by atoms with Gasteiger partial charge in [0, 0.05) is 5.57 Å². The molecule has 0 saturated heterocycles. The van der Waals surface area contributed by atoms with E-state index in [1.54, 1.807) is 12.3 Å². The van der Waals surface area contributed by atoms with Crippen molar-refractivity contribution in [2.75, 3.05) is 0 Å². The third kappa shape index (κ3) is 1.96. The lowest BCUT2D eigenvalue weighted by Gasteiger charge is -1.86. The second kappa shape index (κ2) is 3.95. The number of aromatic amines is 1. The minimum Gasteiger partial charge on any atom is -0.345 e. The van der Waals surface area contributed by atoms with Crippen molar-refractivity contribution in [2.45, 2.75) is 6.42 Å². The van der Waals surface area contributed by atoms with Crippen molar-refractivity contribution in [1.82, 2.24) is 9.97 Å². The van der Waals surface area contributed by atoms with Gasteiger partial charge in [-0.1, -0.05) is 0 Å². The van der Waals surface area contributed by atoms with Crippen LogP contribution in [0.25, 0.3) is 6.08 Å². The predicted molar refractivity (Wildman–Crippen MR) is 42.4 cm³/mol. The number of nitrogens with zero attached hydrogens (tertiary/aromatic N) is 3. The molecule has 0 aliphatic heterocycles. The molecule has 12 heavy (non-hydrogen) atoms. The van der Waals surface area contributed by atoms with E-state index < -0.39 is 0 Å². The van der Waals surface area contributed by atoms with Crippen LogP contribution in [0.15, 0.2) is 18.1 Å². The van der Waals surface area contributed by atoms with Crippen LogP contribution in [0.4, 0.5) is 0 Å². The predicted octanol–water partition coefficient (Wildman–Crippen LogP) is 1.23. The highest BCUT2D eigenvalue weighted by molar-refractivity contribution is 5.53. The standard InChI is InChI=1S/C8H6N4/c9-2-1-7(4-10)3-8-5-11-6-12-8/h3,5-6H,1H2,(H,11,12). The monoisotopic (exact) mass is 158 g/mol. The number of H-pyrrole nitrogens is 1. The summed E-state index contributed by atoms with van der Waals surface area (Å²) in [6.45, 7) is 0. The molecule has 0 saturated carbocycles. The maximum Gasteiger partial charge on any atom is 0.0958 e. The van der Waals surface area contributed by atoms with E-state index in [-0.39, 0.29) is 6.42 Å². The van der Waals surface area contributed by atoms with Crippen LogP contribution in [-0.4, -0.2) is 9.97 Å². The number of rotatable bonds is 2. The van der Waals surface area contributed by atoms with Crippen LogP contribution in [0.5, 0.6) is 0 Å². The number of nitriles is 2. The lowest BCUT2D eigenvalue weighted by atomic mass is 10.2. The van der Waals surface area contributed by atoms with Gasteiger partial charge in [0.15, 0.2) is 0 Å². The molecular weight excluding hydrogens is 152 g/mol. The van der Waals surface area contributed by atoms with Crippen LogP contribution in [0, 0.1) is 22.7 Å². The van der Waals surface area contributed by atoms with Gasteiger partial charge in [-0.3, -0.25) is 0 Å². The van der Waals surface area contributed by atoms with E-state index in [1.807, 2.05) is 12.1 Å². The van der Waals surface area contributed by atoms with Crippen LogP contribution in [0.3, 0.4) is 0 Å². The molecule has 0 aliphatic carbocycles. The molecule has 58 valence electrons. The molecule has 0 aliphatic rings. The molecular formula is C8H6N4. The second-order valence-corrected chi connectivity index (χ2v) is 2.12. The number of aromatic nitrogens is 2. The molecule has 0 spiro atoms. The van der Waals surface area contributed by atoms with Gasteiger partial charge in [0.1, 0.15) is 0 Å². The Morgan fingerprint density at radius 2 is 2.50 bits per heavy atom. The number of allylic oxidation sites excluding steroid dienone is 1. The fourth-order valence-corrected chi connectivity index (χ4v) is 0.741. The Bertz CT molecular complexity index is 347. The molecule has 4 heteroatoms. The quantitative estimate of drug-likeness (QED) is 0.657. The van der Waals surface area contributed by atoms with Crippen molar-refractivity contribution in [2.24, 2.45) is 0 Å². The Hall–Kier alpha value is -2.07. The Kier molecular flexibility index (Phi) is 2.64. The van der Waals surface area contributed by atoms with Crippen molar-refractivity contribution in [3.05, 3.63) is 23.8 Å². The fraction of sp³-hybridized carbons (Fsp3) is 0.125. The van der Waals surface area contributed by atoms with Gasteiger partial charge in [-0.05, 0) is 6.08 Å². The first-order valence-corrected chi connectivity index (χ1v) is 3.33. The van der Waals surface area contributed by atoms with Crippen LogP contribution in [0.2, 0.25) is 0 Å². The molecule has 1 heterocycles. The average molecular weight is 158 g/mol. The number of hydrogen-bond acceptors (Lipinski definition) is 3. The van der Waals surface area contributed by atoms with E-state index in [1.165, 1.54) is 6.33 Å². The number of nitrogens with one attached hydrogen (secondary N) is 1. The molecule has 0 atom stereocenters. The molecule has 0 aromatic carbocycles. The number of imidazole rings is 1. The number of hydrogen-bond donors (Lipinski definition) is 1. The topological polar surface area (TPSA) is 76.3 Å². The molecule has 0 radical (unpaired) electrons. The first kappa shape index (κ1) is 8.03. The summed E-state index contributed by atoms with van der Waals surface area (Å²) in [4.78, 5) is 6.59. The summed E-state index contributed by atoms with van der Waals surface area (Å²) in [7, 11) is 0. The lowest BCUT2D eigenvalue weighted by Crippen LogP contribution is -1.77. The maximum absolute atomic E-state index is 8.55. The third-order valence-corrected chi connectivity index (χ3v) is 1.26. The largest absolute Gasteiger partial charge is 0.345 e. The zero-order valence-corrected chi connectivity index (χ0v) is 6.28. The van der Waals surface area contributed by atoms with Gasteiger partial charge >= 0.3 is 0 Å². The fourth-order valence-electron chi connectivity index (χ4n) is 0.741. The van der Waals surface area contributed by atoms with Gasteiger partial charge in [-0.15, -0.1) is 0 Å². The highest BCUT2D eigenvalue weighted by Gasteiger charge is 1.94. The summed E-state index contributed by atoms with van der Waals surface area (Å²) in [6.07, 6.45) is 4.85. The van der Waals surface area contributed by atoms with Crippen LogP contribution >= 0.6 is 0 Å². The lowest BCUT2D eigenvalue weighted by molar-refractivity contribution is 1.27. The molecule has 4 nitrogen and oxygen atoms in total. The molecule has 1 rings (SSSR count). The summed E-state index contributed by atoms with van der Waals surface area (Å²) in [5.41, 5.74) is 1.17. The first-order chi connectivity index (χ1) is 5.86. The molecule has 0 amide bonds. The highest BCUT2D eigenvalue weighted by atomic mass is 14.8. The molecule has 1 aromatic rings. The normalized spacial score (nSPS) is 10.3. The second-order valence-electron chi connectivity index (χ2n) is 2.12. The minimum absolute atomic E-state index is 0.134. The van der Waals surface area contributed by atoms with Crippen molar-refractivity contribution in [3.63, 3.8) is 0 Å². The van der Waals surface area contributed by atoms with E-state index >= 15 is 0 Å². The van der Waals surface area contributed by atoms with Crippen molar-refractivity contribution in [3.8, 4) is 12.1 Å². The maximum atomic E-state index is 8.55. The molecule has 0 bridgehead atoms. The third-order valence-electron chi connectivity index (χ3n) is 1.26. The summed E-state index contributed by atoms with van der Waals surface area (Å²) in [5, 5.41) is 16.9. The smallest absolute Gasteiger partial charge is 0.0958 e. The SMILES string of the molecule is N#CCC(C#N)=Cc1cnc[nH]1. The Labute approximate surface area is 69.8 Å². The summed E-state index contributed by atoms with van der Waals surface area (Å²) >= 11 is 0. The van der Waals surface area contributed by atoms with Gasteiger partial charge < -0.3 is 4.98 Å². The average Bonchev–Trinajstić information content (AvgIpc) is 2.56. The molecule has 0 fully saturated rings. The van der Waals surface area contributed by atoms with Gasteiger partial charge in [-0.2, -0.15) is 10.5 Å². The van der Waals surface area contributed by atoms with E-state index in [0.29, 0.717) is 5.57 Å². The zero-order chi connectivity index (χ0) is 8.81. The summed E-state index contributed by atoms with van der Waals surface area (Å²) < 4.78 is 0. The van der Waals surface area contributed by atoms with E-state index in [2.05, 4.69) is 9.97 Å². The van der Waals surface area contributed by atoms with Crippen LogP contribution < -0.4 is 0 Å². The van der Waals surface area contributed by atoms with E-state index in [0.717, 1.165) is 5.69 Å². The Balaban J connectivity index is 2.81. The van der Waals surface area contributed by atoms with Crippen molar-refractivity contribution in [1.29, 1.82) is 10.5 Å². The minimum atomic E-state index is 0.134.